The topological polar surface area (TPSA) is 204 Å². The van der Waals surface area contributed by atoms with Gasteiger partial charge in [-0.15, -0.1) is 0 Å². The molecule has 1 aliphatic carbocycles. The van der Waals surface area contributed by atoms with Crippen molar-refractivity contribution in [3.05, 3.63) is 89.2 Å². The van der Waals surface area contributed by atoms with Crippen molar-refractivity contribution in [1.29, 1.82) is 0 Å². The van der Waals surface area contributed by atoms with Crippen LogP contribution in [0.1, 0.15) is 136 Å². The lowest BCUT2D eigenvalue weighted by molar-refractivity contribution is -0.176. The number of rotatable bonds is 15. The molecule has 2 heterocycles. The Labute approximate surface area is 455 Å². The number of amides is 4. The van der Waals surface area contributed by atoms with E-state index in [4.69, 9.17) is 18.9 Å². The second-order valence-corrected chi connectivity index (χ2v) is 22.8. The van der Waals surface area contributed by atoms with Gasteiger partial charge in [-0.05, 0) is 98.8 Å². The van der Waals surface area contributed by atoms with E-state index >= 15 is 4.79 Å². The molecule has 2 aromatic carbocycles. The van der Waals surface area contributed by atoms with E-state index in [-0.39, 0.29) is 62.2 Å². The van der Waals surface area contributed by atoms with E-state index in [9.17, 15) is 33.6 Å². The van der Waals surface area contributed by atoms with Gasteiger partial charge in [0.1, 0.15) is 24.2 Å². The molecular weight excluding hydrogens is 985 g/mol. The van der Waals surface area contributed by atoms with Crippen LogP contribution in [0.4, 0.5) is 0 Å². The lowest BCUT2D eigenvalue weighted by Gasteiger charge is -2.35. The maximum Gasteiger partial charge on any atom is 0.329 e. The van der Waals surface area contributed by atoms with Gasteiger partial charge in [0.05, 0.1) is 6.54 Å². The zero-order chi connectivity index (χ0) is 57.0. The second-order valence-electron chi connectivity index (χ2n) is 22.8. The Morgan fingerprint density at radius 1 is 0.455 bits per heavy atom. The highest BCUT2D eigenvalue weighted by atomic mass is 16.6. The van der Waals surface area contributed by atoms with Crippen molar-refractivity contribution in [2.75, 3.05) is 28.2 Å². The first kappa shape index (κ1) is 61.3. The molecule has 18 nitrogen and oxygen atoms in total. The molecule has 4 amide bonds. The van der Waals surface area contributed by atoms with Gasteiger partial charge in [-0.2, -0.15) is 5.10 Å². The summed E-state index contributed by atoms with van der Waals surface area (Å²) in [5.74, 6) is -6.73. The van der Waals surface area contributed by atoms with Crippen LogP contribution in [0, 0.1) is 23.7 Å². The number of aromatic nitrogens is 2. The number of carbonyl (C=O) groups excluding carboxylic acids is 8. The minimum atomic E-state index is -1.52. The molecule has 8 atom stereocenters. The monoisotopic (exact) mass is 1070 g/mol. The fourth-order valence-electron chi connectivity index (χ4n) is 9.68. The summed E-state index contributed by atoms with van der Waals surface area (Å²) >= 11 is 0. The molecule has 0 radical (unpaired) electrons. The summed E-state index contributed by atoms with van der Waals surface area (Å²) in [4.78, 5) is 121. The summed E-state index contributed by atoms with van der Waals surface area (Å²) in [5, 5.41) is 4.53. The highest BCUT2D eigenvalue weighted by Crippen LogP contribution is 2.40. The van der Waals surface area contributed by atoms with Crippen LogP contribution in [0.15, 0.2) is 66.9 Å². The number of hydrogen-bond donors (Lipinski definition) is 0. The van der Waals surface area contributed by atoms with Gasteiger partial charge in [-0.25, -0.2) is 19.2 Å². The Kier molecular flexibility index (Phi) is 22.0. The number of nitrogens with zero attached hydrogens (tertiary/aromatic N) is 6. The number of likely N-dealkylation sites (N-methyl/N-ethyl adjacent to an activating group) is 4. The highest BCUT2D eigenvalue weighted by Gasteiger charge is 2.43. The molecule has 77 heavy (non-hydrogen) atoms. The van der Waals surface area contributed by atoms with Gasteiger partial charge >= 0.3 is 23.9 Å². The molecule has 5 rings (SSSR count). The maximum absolute atomic E-state index is 15.0. The van der Waals surface area contributed by atoms with Crippen LogP contribution < -0.4 is 0 Å². The van der Waals surface area contributed by atoms with Crippen LogP contribution >= 0.6 is 0 Å². The maximum atomic E-state index is 15.0. The van der Waals surface area contributed by atoms with Crippen LogP contribution in [0.5, 0.6) is 0 Å². The zero-order valence-corrected chi connectivity index (χ0v) is 47.8. The molecule has 2 aliphatic rings. The largest absolute Gasteiger partial charge is 0.451 e. The summed E-state index contributed by atoms with van der Waals surface area (Å²) in [5.41, 5.74) is 3.42. The predicted octanol–water partition coefficient (Wildman–Crippen LogP) is 6.79. The average molecular weight is 1070 g/mol. The molecular formula is C59H84N6O12. The summed E-state index contributed by atoms with van der Waals surface area (Å²) in [7, 11) is 5.60. The van der Waals surface area contributed by atoms with Crippen molar-refractivity contribution in [2.24, 2.45) is 23.7 Å². The third kappa shape index (κ3) is 17.0. The van der Waals surface area contributed by atoms with Crippen molar-refractivity contribution in [3.63, 3.8) is 0 Å². The predicted molar refractivity (Wildman–Crippen MR) is 289 cm³/mol. The molecule has 0 bridgehead atoms. The van der Waals surface area contributed by atoms with E-state index in [0.717, 1.165) is 33.1 Å². The molecule has 1 aliphatic heterocycles. The minimum Gasteiger partial charge on any atom is -0.451 e. The van der Waals surface area contributed by atoms with Gasteiger partial charge in [0, 0.05) is 58.8 Å². The Morgan fingerprint density at radius 2 is 0.792 bits per heavy atom. The summed E-state index contributed by atoms with van der Waals surface area (Å²) in [6.45, 7) is 18.1. The Bertz CT molecular complexity index is 2490. The van der Waals surface area contributed by atoms with Gasteiger partial charge in [-0.1, -0.05) is 110 Å². The second kappa shape index (κ2) is 27.6. The van der Waals surface area contributed by atoms with E-state index in [0.29, 0.717) is 23.6 Å². The van der Waals surface area contributed by atoms with Crippen molar-refractivity contribution in [2.45, 2.75) is 182 Å². The minimum absolute atomic E-state index is 0.0866. The van der Waals surface area contributed by atoms with Gasteiger partial charge in [0.15, 0.2) is 24.4 Å². The molecule has 0 unspecified atom stereocenters. The van der Waals surface area contributed by atoms with E-state index in [2.05, 4.69) is 5.10 Å². The normalized spacial score (nSPS) is 24.6. The zero-order valence-electron chi connectivity index (χ0n) is 47.8. The van der Waals surface area contributed by atoms with Crippen molar-refractivity contribution in [3.8, 4) is 0 Å². The van der Waals surface area contributed by atoms with E-state index in [1.54, 1.807) is 36.5 Å². The van der Waals surface area contributed by atoms with Crippen LogP contribution in [0.3, 0.4) is 0 Å². The van der Waals surface area contributed by atoms with Gasteiger partial charge < -0.3 is 38.5 Å². The molecule has 2 fully saturated rings. The molecule has 1 saturated carbocycles. The Hall–Kier alpha value is -6.59. The van der Waals surface area contributed by atoms with Gasteiger partial charge in [-0.3, -0.25) is 23.9 Å². The third-order valence-electron chi connectivity index (χ3n) is 14.3. The van der Waals surface area contributed by atoms with Crippen LogP contribution in [-0.4, -0.2) is 154 Å². The van der Waals surface area contributed by atoms with E-state index < -0.39 is 96.1 Å². The lowest BCUT2D eigenvalue weighted by Crippen LogP contribution is -2.55. The summed E-state index contributed by atoms with van der Waals surface area (Å²) in [6.07, 6.45) is -1.68. The van der Waals surface area contributed by atoms with Gasteiger partial charge in [0.25, 0.3) is 23.6 Å². The number of hydrogen-bond acceptors (Lipinski definition) is 13. The number of carbonyl (C=O) groups is 8. The van der Waals surface area contributed by atoms with Crippen LogP contribution in [0.25, 0.3) is 0 Å². The van der Waals surface area contributed by atoms with Crippen molar-refractivity contribution < 1.29 is 57.3 Å². The first-order valence-electron chi connectivity index (χ1n) is 27.3. The smallest absolute Gasteiger partial charge is 0.329 e. The number of ether oxygens (including phenoxy) is 4. The van der Waals surface area contributed by atoms with Gasteiger partial charge in [0.2, 0.25) is 0 Å². The summed E-state index contributed by atoms with van der Waals surface area (Å²) in [6, 6.07) is 13.4. The fourth-order valence-corrected chi connectivity index (χ4v) is 9.68. The third-order valence-corrected chi connectivity index (χ3v) is 14.3. The molecule has 3 aromatic rings. The molecule has 18 heteroatoms. The quantitative estimate of drug-likeness (QED) is 0.114. The number of benzene rings is 2. The first-order valence-corrected chi connectivity index (χ1v) is 27.3. The van der Waals surface area contributed by atoms with Crippen LogP contribution in [-0.2, 0) is 76.7 Å². The van der Waals surface area contributed by atoms with E-state index in [1.807, 2.05) is 90.4 Å². The summed E-state index contributed by atoms with van der Waals surface area (Å²) < 4.78 is 26.1. The van der Waals surface area contributed by atoms with E-state index in [1.165, 1.54) is 52.6 Å². The Balaban J connectivity index is 1.58. The molecule has 422 valence electrons. The average Bonchev–Trinajstić information content (AvgIpc) is 4.12. The molecule has 1 aromatic heterocycles. The van der Waals surface area contributed by atoms with Crippen molar-refractivity contribution >= 4 is 47.5 Å². The molecule has 0 spiro atoms. The SMILES string of the molecule is CC(C)C[C@H]1C(=O)O[C@H](Cc2ccc(Cn3nccc3C3CC3)cc2)C(=O)N(C)[C@@H](CC(C)C)C(=O)O[C@H](C)C(=O)N(C)[C@@H](CC(C)C)C(=O)O[C@H](Cc2ccccc2)C(=O)N(C)[C@@H](CC(C)C)C(=O)O[C@H](C)C(=O)N1C. The highest BCUT2D eigenvalue weighted by molar-refractivity contribution is 5.94. The number of cyclic esters (lactones) is 4. The standard InChI is InChI=1S/C59H84N6O12/c1-35(2)28-46-56(70)74-40(10)53(67)62(12)49(31-38(7)8)59(73)77-51(33-42-20-22-43(23-21-42)34-65-45(26-27-60-65)44-24-25-44)55(69)64(14)47(29-36(3)4)57(71)75-39(9)52(66)61(11)48(30-37(5)6)58(72)76-50(54(68)63(46)13)32-41-18-16-15-17-19-41/h15-23,26-27,35-40,44,46-51H,24-25,28-34H2,1-14H3/t39-,40-,46+,47+,48+,49+,50-,51-/m1/s1. The van der Waals surface area contributed by atoms with Crippen LogP contribution in [0.2, 0.25) is 0 Å². The van der Waals surface area contributed by atoms with Crippen molar-refractivity contribution in [1.82, 2.24) is 29.4 Å². The number of esters is 4. The first-order chi connectivity index (χ1) is 36.3. The Morgan fingerprint density at radius 3 is 1.16 bits per heavy atom. The molecule has 1 saturated heterocycles. The lowest BCUT2D eigenvalue weighted by atomic mass is 9.99. The fraction of sp³-hybridized carbons (Fsp3) is 0.610. The molecule has 0 N–H and O–H groups in total.